The Morgan fingerprint density at radius 2 is 1.72 bits per heavy atom. The second-order valence-electron chi connectivity index (χ2n) is 6.42. The van der Waals surface area contributed by atoms with E-state index in [-0.39, 0.29) is 5.91 Å². The minimum Gasteiger partial charge on any atom is -0.368 e. The van der Waals surface area contributed by atoms with Gasteiger partial charge in [0.2, 0.25) is 0 Å². The van der Waals surface area contributed by atoms with Crippen LogP contribution in [0.2, 0.25) is 0 Å². The molecule has 2 aromatic rings. The van der Waals surface area contributed by atoms with Gasteiger partial charge in [-0.3, -0.25) is 4.79 Å². The molecule has 0 bridgehead atoms. The molecule has 1 saturated heterocycles. The van der Waals surface area contributed by atoms with Crippen LogP contribution in [0, 0.1) is 0 Å². The molecule has 0 spiro atoms. The van der Waals surface area contributed by atoms with Crippen molar-refractivity contribution >= 4 is 23.5 Å². The summed E-state index contributed by atoms with van der Waals surface area (Å²) in [5.41, 5.74) is 4.29. The summed E-state index contributed by atoms with van der Waals surface area (Å²) >= 11 is 0. The summed E-state index contributed by atoms with van der Waals surface area (Å²) in [7, 11) is 1.65. The van der Waals surface area contributed by atoms with Crippen LogP contribution < -0.4 is 15.1 Å². The number of fused-ring (bicyclic) bond motifs is 1. The number of carbonyl (C=O) groups excluding carboxylic acids is 1. The third-order valence-electron chi connectivity index (χ3n) is 4.94. The number of hydrogen-bond acceptors (Lipinski definition) is 4. The van der Waals surface area contributed by atoms with Gasteiger partial charge >= 0.3 is 0 Å². The molecule has 4 rings (SSSR count). The Morgan fingerprint density at radius 1 is 1.00 bits per heavy atom. The lowest BCUT2D eigenvalue weighted by Crippen LogP contribution is -2.46. The van der Waals surface area contributed by atoms with Gasteiger partial charge in [-0.2, -0.15) is 0 Å². The van der Waals surface area contributed by atoms with Crippen LogP contribution in [0.1, 0.15) is 21.6 Å². The van der Waals surface area contributed by atoms with E-state index in [9.17, 15) is 4.79 Å². The Morgan fingerprint density at radius 3 is 2.44 bits per heavy atom. The van der Waals surface area contributed by atoms with Gasteiger partial charge < -0.3 is 15.1 Å². The molecule has 128 valence electrons. The number of rotatable bonds is 3. The predicted octanol–water partition coefficient (Wildman–Crippen LogP) is 2.34. The van der Waals surface area contributed by atoms with Crippen molar-refractivity contribution in [1.82, 2.24) is 10.3 Å². The zero-order valence-electron chi connectivity index (χ0n) is 14.4. The van der Waals surface area contributed by atoms with Gasteiger partial charge in [-0.1, -0.05) is 12.1 Å². The van der Waals surface area contributed by atoms with E-state index in [4.69, 9.17) is 4.98 Å². The third-order valence-corrected chi connectivity index (χ3v) is 4.94. The molecule has 0 unspecified atom stereocenters. The van der Waals surface area contributed by atoms with Crippen molar-refractivity contribution in [3.63, 3.8) is 0 Å². The first-order chi connectivity index (χ1) is 12.2. The van der Waals surface area contributed by atoms with Gasteiger partial charge in [0, 0.05) is 44.5 Å². The number of aromatic nitrogens is 1. The van der Waals surface area contributed by atoms with Gasteiger partial charge in [0.1, 0.15) is 5.82 Å². The van der Waals surface area contributed by atoms with E-state index in [1.807, 2.05) is 24.3 Å². The first kappa shape index (κ1) is 15.7. The van der Waals surface area contributed by atoms with Crippen molar-refractivity contribution < 1.29 is 4.79 Å². The molecular weight excluding hydrogens is 312 g/mol. The van der Waals surface area contributed by atoms with Crippen LogP contribution in [0.15, 0.2) is 42.5 Å². The van der Waals surface area contributed by atoms with E-state index < -0.39 is 0 Å². The lowest BCUT2D eigenvalue weighted by atomic mass is 10.1. The second kappa shape index (κ2) is 6.59. The van der Waals surface area contributed by atoms with Crippen molar-refractivity contribution in [1.29, 1.82) is 0 Å². The first-order valence-electron chi connectivity index (χ1n) is 8.73. The Hall–Kier alpha value is -2.82. The summed E-state index contributed by atoms with van der Waals surface area (Å²) in [6.07, 6.45) is 5.29. The number of carbonyl (C=O) groups is 1. The zero-order chi connectivity index (χ0) is 17.2. The van der Waals surface area contributed by atoms with Crippen LogP contribution in [0.3, 0.4) is 0 Å². The van der Waals surface area contributed by atoms with Crippen LogP contribution in [-0.4, -0.2) is 44.1 Å². The Bertz CT molecular complexity index is 805. The minimum absolute atomic E-state index is 0.0481. The van der Waals surface area contributed by atoms with E-state index in [0.717, 1.165) is 49.8 Å². The van der Waals surface area contributed by atoms with Crippen LogP contribution >= 0.6 is 0 Å². The summed E-state index contributed by atoms with van der Waals surface area (Å²) < 4.78 is 0. The Labute approximate surface area is 148 Å². The van der Waals surface area contributed by atoms with E-state index in [1.165, 1.54) is 5.56 Å². The van der Waals surface area contributed by atoms with Crippen LogP contribution in [0.4, 0.5) is 11.5 Å². The van der Waals surface area contributed by atoms with Gasteiger partial charge in [0.25, 0.3) is 5.91 Å². The lowest BCUT2D eigenvalue weighted by Gasteiger charge is -2.37. The van der Waals surface area contributed by atoms with Crippen molar-refractivity contribution in [2.24, 2.45) is 0 Å². The molecule has 0 saturated carbocycles. The van der Waals surface area contributed by atoms with Gasteiger partial charge in [0.05, 0.1) is 5.69 Å². The quantitative estimate of drug-likeness (QED) is 0.936. The summed E-state index contributed by atoms with van der Waals surface area (Å²) in [6.45, 7) is 3.81. The summed E-state index contributed by atoms with van der Waals surface area (Å²) in [4.78, 5) is 21.1. The lowest BCUT2D eigenvalue weighted by molar-refractivity contribution is 0.0963. The number of amides is 1. The SMILES string of the molecule is CNC(=O)c1ccc(N2CCN(c3ccc4c(n3)C=CC4)CC2)cc1. The maximum Gasteiger partial charge on any atom is 0.251 e. The van der Waals surface area contributed by atoms with Gasteiger partial charge in [0.15, 0.2) is 0 Å². The van der Waals surface area contributed by atoms with Crippen LogP contribution in [0.25, 0.3) is 6.08 Å². The van der Waals surface area contributed by atoms with Gasteiger partial charge in [-0.05, 0) is 48.4 Å². The zero-order valence-corrected chi connectivity index (χ0v) is 14.4. The largest absolute Gasteiger partial charge is 0.368 e. The maximum absolute atomic E-state index is 11.6. The number of anilines is 2. The molecule has 5 heteroatoms. The van der Waals surface area contributed by atoms with Crippen molar-refractivity contribution in [3.05, 3.63) is 59.3 Å². The van der Waals surface area contributed by atoms with Crippen molar-refractivity contribution in [2.45, 2.75) is 6.42 Å². The highest BCUT2D eigenvalue weighted by molar-refractivity contribution is 5.94. The number of pyridine rings is 1. The topological polar surface area (TPSA) is 48.5 Å². The molecule has 0 atom stereocenters. The van der Waals surface area contributed by atoms with E-state index in [2.05, 4.69) is 39.4 Å². The number of nitrogens with zero attached hydrogens (tertiary/aromatic N) is 3. The highest BCUT2D eigenvalue weighted by Crippen LogP contribution is 2.24. The van der Waals surface area contributed by atoms with Crippen LogP contribution in [0.5, 0.6) is 0 Å². The molecule has 1 amide bonds. The molecule has 2 aliphatic rings. The van der Waals surface area contributed by atoms with Crippen molar-refractivity contribution in [3.8, 4) is 0 Å². The molecule has 1 N–H and O–H groups in total. The summed E-state index contributed by atoms with van der Waals surface area (Å²) in [5, 5.41) is 2.65. The number of hydrogen-bond donors (Lipinski definition) is 1. The molecule has 2 heterocycles. The summed E-state index contributed by atoms with van der Waals surface area (Å²) in [5.74, 6) is 1.02. The number of nitrogens with one attached hydrogen (secondary N) is 1. The molecule has 1 aliphatic carbocycles. The molecule has 1 aromatic carbocycles. The monoisotopic (exact) mass is 334 g/mol. The molecular formula is C20H22N4O. The third kappa shape index (κ3) is 3.09. The Balaban J connectivity index is 1.41. The second-order valence-corrected chi connectivity index (χ2v) is 6.42. The highest BCUT2D eigenvalue weighted by Gasteiger charge is 2.19. The number of benzene rings is 1. The molecule has 0 radical (unpaired) electrons. The highest BCUT2D eigenvalue weighted by atomic mass is 16.1. The number of allylic oxidation sites excluding steroid dienone is 1. The average molecular weight is 334 g/mol. The van der Waals surface area contributed by atoms with Crippen molar-refractivity contribution in [2.75, 3.05) is 43.0 Å². The van der Waals surface area contributed by atoms with E-state index in [1.54, 1.807) is 7.05 Å². The fourth-order valence-electron chi connectivity index (χ4n) is 3.45. The first-order valence-corrected chi connectivity index (χ1v) is 8.73. The molecule has 25 heavy (non-hydrogen) atoms. The van der Waals surface area contributed by atoms with E-state index in [0.29, 0.717) is 5.56 Å². The van der Waals surface area contributed by atoms with Crippen LogP contribution in [-0.2, 0) is 6.42 Å². The molecule has 1 fully saturated rings. The maximum atomic E-state index is 11.6. The predicted molar refractivity (Wildman–Crippen MR) is 101 cm³/mol. The molecule has 5 nitrogen and oxygen atoms in total. The standard InChI is InChI=1S/C20H22N4O/c1-21-20(25)16-5-8-17(9-6-16)23-11-13-24(14-12-23)19-10-7-15-3-2-4-18(15)22-19/h2,4-10H,3,11-14H2,1H3,(H,21,25). The molecule has 1 aliphatic heterocycles. The fourth-order valence-corrected chi connectivity index (χ4v) is 3.45. The number of piperazine rings is 1. The minimum atomic E-state index is -0.0481. The average Bonchev–Trinajstić information content (AvgIpc) is 3.15. The molecule has 1 aromatic heterocycles. The van der Waals surface area contributed by atoms with E-state index >= 15 is 0 Å². The smallest absolute Gasteiger partial charge is 0.251 e. The van der Waals surface area contributed by atoms with Gasteiger partial charge in [-0.25, -0.2) is 4.98 Å². The normalized spacial score (nSPS) is 16.0. The summed E-state index contributed by atoms with van der Waals surface area (Å²) in [6, 6.07) is 12.2. The van der Waals surface area contributed by atoms with Gasteiger partial charge in [-0.15, -0.1) is 0 Å². The fraction of sp³-hybridized carbons (Fsp3) is 0.300. The Kier molecular flexibility index (Phi) is 4.14.